The van der Waals surface area contributed by atoms with Crippen molar-refractivity contribution in [2.24, 2.45) is 0 Å². The van der Waals surface area contributed by atoms with Gasteiger partial charge in [0.15, 0.2) is 0 Å². The monoisotopic (exact) mass is 204 g/mol. The molecule has 0 aromatic carbocycles. The second kappa shape index (κ2) is 5.43. The summed E-state index contributed by atoms with van der Waals surface area (Å²) in [6.45, 7) is 4.64. The average Bonchev–Trinajstić information content (AvgIpc) is 2.16. The highest BCUT2D eigenvalue weighted by atomic mass is 32.2. The fourth-order valence-corrected chi connectivity index (χ4v) is 4.91. The smallest absolute Gasteiger partial charge is 0.0608 e. The zero-order valence-corrected chi connectivity index (χ0v) is 9.90. The Morgan fingerprint density at radius 3 is 2.33 bits per heavy atom. The van der Waals surface area contributed by atoms with Crippen molar-refractivity contribution in [1.82, 2.24) is 0 Å². The molecule has 0 radical (unpaired) electrons. The van der Waals surface area contributed by atoms with Crippen molar-refractivity contribution in [3.05, 3.63) is 0 Å². The first kappa shape index (κ1) is 10.8. The minimum absolute atomic E-state index is 0.605. The number of rotatable bonds is 4. The highest BCUT2D eigenvalue weighted by Crippen LogP contribution is 2.47. The molecular weight excluding hydrogens is 184 g/mol. The Kier molecular flexibility index (Phi) is 4.88. The maximum absolute atomic E-state index is 2.35. The minimum Gasteiger partial charge on any atom is -0.144 e. The van der Waals surface area contributed by atoms with E-state index >= 15 is 0 Å². The molecule has 0 aliphatic carbocycles. The van der Waals surface area contributed by atoms with Gasteiger partial charge >= 0.3 is 0 Å². The minimum atomic E-state index is 0.605. The standard InChI is InChI=1S/C10H20S2/c1-3-5-7-10(4-2)11-8-6-9-12-10/h3-9H2,1-2H3. The van der Waals surface area contributed by atoms with Gasteiger partial charge in [-0.15, -0.1) is 23.5 Å². The van der Waals surface area contributed by atoms with Gasteiger partial charge in [0.2, 0.25) is 0 Å². The molecule has 0 nitrogen and oxygen atoms in total. The predicted octanol–water partition coefficient (Wildman–Crippen LogP) is 4.15. The van der Waals surface area contributed by atoms with Gasteiger partial charge in [0.05, 0.1) is 4.08 Å². The van der Waals surface area contributed by atoms with Gasteiger partial charge in [-0.3, -0.25) is 0 Å². The van der Waals surface area contributed by atoms with Crippen LogP contribution in [-0.2, 0) is 0 Å². The van der Waals surface area contributed by atoms with Gasteiger partial charge in [0, 0.05) is 0 Å². The van der Waals surface area contributed by atoms with E-state index in [2.05, 4.69) is 37.4 Å². The third-order valence-electron chi connectivity index (χ3n) is 2.47. The molecular formula is C10H20S2. The zero-order valence-electron chi connectivity index (χ0n) is 8.27. The summed E-state index contributed by atoms with van der Waals surface area (Å²) < 4.78 is 0.605. The molecule has 1 heterocycles. The van der Waals surface area contributed by atoms with Crippen LogP contribution in [0.5, 0.6) is 0 Å². The van der Waals surface area contributed by atoms with Crippen molar-refractivity contribution in [2.75, 3.05) is 11.5 Å². The summed E-state index contributed by atoms with van der Waals surface area (Å²) in [5.74, 6) is 2.79. The highest BCUT2D eigenvalue weighted by molar-refractivity contribution is 8.18. The van der Waals surface area contributed by atoms with Crippen LogP contribution >= 0.6 is 23.5 Å². The van der Waals surface area contributed by atoms with Crippen LogP contribution in [0, 0.1) is 0 Å². The molecule has 0 aromatic rings. The molecule has 72 valence electrons. The van der Waals surface area contributed by atoms with E-state index in [9.17, 15) is 0 Å². The first-order chi connectivity index (χ1) is 5.83. The zero-order chi connectivity index (χ0) is 8.86. The predicted molar refractivity (Wildman–Crippen MR) is 62.1 cm³/mol. The molecule has 0 aromatic heterocycles. The van der Waals surface area contributed by atoms with Crippen LogP contribution in [0.4, 0.5) is 0 Å². The van der Waals surface area contributed by atoms with Crippen LogP contribution in [0.2, 0.25) is 0 Å². The maximum atomic E-state index is 2.35. The molecule has 0 unspecified atom stereocenters. The normalized spacial score (nSPS) is 22.5. The van der Waals surface area contributed by atoms with E-state index in [1.807, 2.05) is 0 Å². The van der Waals surface area contributed by atoms with Gasteiger partial charge in [-0.1, -0.05) is 26.7 Å². The van der Waals surface area contributed by atoms with Crippen LogP contribution < -0.4 is 0 Å². The van der Waals surface area contributed by atoms with Crippen LogP contribution in [-0.4, -0.2) is 15.6 Å². The lowest BCUT2D eigenvalue weighted by Crippen LogP contribution is -2.23. The number of unbranched alkanes of at least 4 members (excludes halogenated alkanes) is 1. The van der Waals surface area contributed by atoms with E-state index in [-0.39, 0.29) is 0 Å². The lowest BCUT2D eigenvalue weighted by molar-refractivity contribution is 0.633. The van der Waals surface area contributed by atoms with Crippen molar-refractivity contribution in [1.29, 1.82) is 0 Å². The van der Waals surface area contributed by atoms with Gasteiger partial charge < -0.3 is 0 Å². The molecule has 0 bridgehead atoms. The molecule has 0 spiro atoms. The number of hydrogen-bond acceptors (Lipinski definition) is 2. The SMILES string of the molecule is CCCCC1(CC)SCCCS1. The van der Waals surface area contributed by atoms with Gasteiger partial charge in [-0.05, 0) is 30.8 Å². The summed E-state index contributed by atoms with van der Waals surface area (Å²) in [5.41, 5.74) is 0. The number of hydrogen-bond donors (Lipinski definition) is 0. The quantitative estimate of drug-likeness (QED) is 0.674. The van der Waals surface area contributed by atoms with Crippen molar-refractivity contribution < 1.29 is 0 Å². The molecule has 12 heavy (non-hydrogen) atoms. The first-order valence-corrected chi connectivity index (χ1v) is 7.08. The molecule has 0 saturated carbocycles. The Bertz CT molecular complexity index is 117. The van der Waals surface area contributed by atoms with E-state index in [0.717, 1.165) is 0 Å². The van der Waals surface area contributed by atoms with Crippen molar-refractivity contribution in [2.45, 2.75) is 50.0 Å². The van der Waals surface area contributed by atoms with Crippen LogP contribution in [0.25, 0.3) is 0 Å². The van der Waals surface area contributed by atoms with Crippen molar-refractivity contribution in [3.8, 4) is 0 Å². The topological polar surface area (TPSA) is 0 Å². The van der Waals surface area contributed by atoms with Crippen LogP contribution in [0.1, 0.15) is 46.0 Å². The molecule has 0 atom stereocenters. The Morgan fingerprint density at radius 2 is 1.83 bits per heavy atom. The summed E-state index contributed by atoms with van der Waals surface area (Å²) >= 11 is 4.43. The van der Waals surface area contributed by atoms with Crippen LogP contribution in [0.3, 0.4) is 0 Å². The molecule has 1 aliphatic rings. The molecule has 1 fully saturated rings. The molecule has 1 aliphatic heterocycles. The fourth-order valence-electron chi connectivity index (χ4n) is 1.59. The second-order valence-corrected chi connectivity index (χ2v) is 6.63. The Labute approximate surface area is 85.3 Å². The van der Waals surface area contributed by atoms with E-state index in [1.54, 1.807) is 0 Å². The Balaban J connectivity index is 2.37. The number of thioether (sulfide) groups is 2. The molecule has 0 N–H and O–H groups in total. The van der Waals surface area contributed by atoms with Crippen LogP contribution in [0.15, 0.2) is 0 Å². The average molecular weight is 204 g/mol. The lowest BCUT2D eigenvalue weighted by Gasteiger charge is -2.35. The lowest BCUT2D eigenvalue weighted by atomic mass is 10.1. The van der Waals surface area contributed by atoms with Gasteiger partial charge in [-0.2, -0.15) is 0 Å². The summed E-state index contributed by atoms with van der Waals surface area (Å²) in [6.07, 6.45) is 6.96. The maximum Gasteiger partial charge on any atom is 0.0608 e. The summed E-state index contributed by atoms with van der Waals surface area (Å²) in [4.78, 5) is 0. The van der Waals surface area contributed by atoms with Gasteiger partial charge in [0.25, 0.3) is 0 Å². The largest absolute Gasteiger partial charge is 0.144 e. The first-order valence-electron chi connectivity index (χ1n) is 5.11. The van der Waals surface area contributed by atoms with E-state index in [1.165, 1.54) is 43.6 Å². The molecule has 1 rings (SSSR count). The third kappa shape index (κ3) is 2.88. The van der Waals surface area contributed by atoms with E-state index < -0.39 is 0 Å². The van der Waals surface area contributed by atoms with E-state index in [0.29, 0.717) is 4.08 Å². The summed E-state index contributed by atoms with van der Waals surface area (Å²) in [5, 5.41) is 0. The van der Waals surface area contributed by atoms with Gasteiger partial charge in [-0.25, -0.2) is 0 Å². The molecule has 0 amide bonds. The summed E-state index contributed by atoms with van der Waals surface area (Å²) in [7, 11) is 0. The van der Waals surface area contributed by atoms with Gasteiger partial charge in [0.1, 0.15) is 0 Å². The fraction of sp³-hybridized carbons (Fsp3) is 1.00. The summed E-state index contributed by atoms with van der Waals surface area (Å²) in [6, 6.07) is 0. The Hall–Kier alpha value is 0.700. The van der Waals surface area contributed by atoms with Crippen molar-refractivity contribution in [3.63, 3.8) is 0 Å². The van der Waals surface area contributed by atoms with E-state index in [4.69, 9.17) is 0 Å². The highest BCUT2D eigenvalue weighted by Gasteiger charge is 2.30. The molecule has 2 heteroatoms. The third-order valence-corrected chi connectivity index (χ3v) is 6.20. The second-order valence-electron chi connectivity index (χ2n) is 3.42. The Morgan fingerprint density at radius 1 is 1.17 bits per heavy atom. The van der Waals surface area contributed by atoms with Crippen molar-refractivity contribution >= 4 is 23.5 Å². The molecule has 1 saturated heterocycles.